The van der Waals surface area contributed by atoms with Crippen molar-refractivity contribution in [1.29, 1.82) is 5.26 Å². The minimum atomic E-state index is -0.509. The van der Waals surface area contributed by atoms with E-state index in [1.807, 2.05) is 25.1 Å². The van der Waals surface area contributed by atoms with E-state index in [-0.39, 0.29) is 5.57 Å². The maximum Gasteiger partial charge on any atom is 0.266 e. The van der Waals surface area contributed by atoms with Crippen LogP contribution in [0.4, 0.5) is 11.4 Å². The Bertz CT molecular complexity index is 941. The molecule has 0 radical (unpaired) electrons. The first-order valence-corrected chi connectivity index (χ1v) is 9.47. The molecule has 0 saturated carbocycles. The fourth-order valence-corrected chi connectivity index (χ4v) is 3.53. The summed E-state index contributed by atoms with van der Waals surface area (Å²) in [6, 6.07) is 12.8. The summed E-state index contributed by atoms with van der Waals surface area (Å²) < 4.78 is 0. The van der Waals surface area contributed by atoms with Gasteiger partial charge in [-0.3, -0.25) is 4.79 Å². The smallest absolute Gasteiger partial charge is 0.266 e. The zero-order chi connectivity index (χ0) is 19.4. The van der Waals surface area contributed by atoms with Gasteiger partial charge in [-0.05, 0) is 67.3 Å². The average molecular weight is 400 g/mol. The minimum Gasteiger partial charge on any atom is -0.372 e. The maximum atomic E-state index is 12.5. The quantitative estimate of drug-likeness (QED) is 0.549. The van der Waals surface area contributed by atoms with Crippen molar-refractivity contribution in [3.8, 4) is 6.07 Å². The highest BCUT2D eigenvalue weighted by atomic mass is 35.5. The van der Waals surface area contributed by atoms with Crippen LogP contribution in [0.2, 0.25) is 10.0 Å². The molecule has 3 rings (SSSR count). The topological polar surface area (TPSA) is 56.1 Å². The van der Waals surface area contributed by atoms with Gasteiger partial charge in [-0.25, -0.2) is 0 Å². The molecule has 1 fully saturated rings. The van der Waals surface area contributed by atoms with Crippen molar-refractivity contribution < 1.29 is 4.79 Å². The number of amides is 1. The van der Waals surface area contributed by atoms with Gasteiger partial charge in [-0.2, -0.15) is 5.26 Å². The van der Waals surface area contributed by atoms with Gasteiger partial charge in [0.2, 0.25) is 0 Å². The third-order valence-electron chi connectivity index (χ3n) is 4.57. The van der Waals surface area contributed by atoms with Crippen LogP contribution in [-0.4, -0.2) is 19.0 Å². The number of hydrogen-bond donors (Lipinski definition) is 1. The lowest BCUT2D eigenvalue weighted by atomic mass is 10.0. The second-order valence-electron chi connectivity index (χ2n) is 6.48. The molecule has 2 aromatic rings. The van der Waals surface area contributed by atoms with Crippen LogP contribution < -0.4 is 10.2 Å². The molecule has 4 nitrogen and oxygen atoms in total. The molecular formula is C21H19Cl2N3O. The number of nitrogens with one attached hydrogen (secondary N) is 1. The average Bonchev–Trinajstić information content (AvgIpc) is 3.17. The van der Waals surface area contributed by atoms with E-state index in [2.05, 4.69) is 16.3 Å². The molecule has 1 saturated heterocycles. The minimum absolute atomic E-state index is 0.0121. The lowest BCUT2D eigenvalue weighted by Crippen LogP contribution is -2.17. The first-order chi connectivity index (χ1) is 13.0. The summed E-state index contributed by atoms with van der Waals surface area (Å²) in [5.41, 5.74) is 3.46. The second-order valence-corrected chi connectivity index (χ2v) is 7.33. The van der Waals surface area contributed by atoms with Crippen LogP contribution in [0.25, 0.3) is 6.08 Å². The number of aryl methyl sites for hydroxylation is 1. The molecule has 0 aromatic heterocycles. The normalized spacial score (nSPS) is 14.1. The monoisotopic (exact) mass is 399 g/mol. The Labute approximate surface area is 169 Å². The van der Waals surface area contributed by atoms with E-state index in [0.29, 0.717) is 15.7 Å². The molecule has 2 aromatic carbocycles. The number of rotatable bonds is 4. The first kappa shape index (κ1) is 19.3. The zero-order valence-corrected chi connectivity index (χ0v) is 16.4. The number of carbonyl (C=O) groups excluding carboxylic acids is 1. The molecule has 6 heteroatoms. The number of anilines is 2. The van der Waals surface area contributed by atoms with Crippen LogP contribution in [0.5, 0.6) is 0 Å². The summed E-state index contributed by atoms with van der Waals surface area (Å²) in [6.45, 7) is 4.12. The fourth-order valence-electron chi connectivity index (χ4n) is 3.08. The molecule has 138 valence electrons. The van der Waals surface area contributed by atoms with Gasteiger partial charge in [-0.15, -0.1) is 0 Å². The Morgan fingerprint density at radius 3 is 2.56 bits per heavy atom. The van der Waals surface area contributed by atoms with Gasteiger partial charge in [0.15, 0.2) is 0 Å². The Morgan fingerprint density at radius 1 is 1.19 bits per heavy atom. The zero-order valence-electron chi connectivity index (χ0n) is 14.9. The fraction of sp³-hybridized carbons (Fsp3) is 0.238. The number of benzene rings is 2. The lowest BCUT2D eigenvalue weighted by molar-refractivity contribution is -0.112. The van der Waals surface area contributed by atoms with Crippen molar-refractivity contribution in [2.24, 2.45) is 0 Å². The summed E-state index contributed by atoms with van der Waals surface area (Å²) in [7, 11) is 0. The molecule has 0 atom stereocenters. The number of nitrogens with zero attached hydrogens (tertiary/aromatic N) is 2. The molecule has 1 aliphatic heterocycles. The van der Waals surface area contributed by atoms with Gasteiger partial charge in [0.05, 0.1) is 10.7 Å². The SMILES string of the molecule is Cc1cc(N2CCCC2)ccc1/C=C(/C#N)C(=O)Nc1ccc(Cl)cc1Cl. The van der Waals surface area contributed by atoms with Crippen LogP contribution in [0.15, 0.2) is 42.0 Å². The van der Waals surface area contributed by atoms with Crippen molar-refractivity contribution in [2.75, 3.05) is 23.3 Å². The van der Waals surface area contributed by atoms with E-state index in [4.69, 9.17) is 23.2 Å². The standard InChI is InChI=1S/C21H19Cl2N3O/c1-14-10-18(26-8-2-3-9-26)6-4-15(14)11-16(13-24)21(27)25-20-7-5-17(22)12-19(20)23/h4-7,10-12H,2-3,8-9H2,1H3,(H,25,27)/b16-11-. The number of carbonyl (C=O) groups is 1. The number of halogens is 2. The summed E-state index contributed by atoms with van der Waals surface area (Å²) in [5.74, 6) is -0.509. The molecule has 0 bridgehead atoms. The Balaban J connectivity index is 1.81. The van der Waals surface area contributed by atoms with Gasteiger partial charge >= 0.3 is 0 Å². The molecule has 1 N–H and O–H groups in total. The van der Waals surface area contributed by atoms with Crippen LogP contribution >= 0.6 is 23.2 Å². The highest BCUT2D eigenvalue weighted by Crippen LogP contribution is 2.27. The van der Waals surface area contributed by atoms with E-state index in [9.17, 15) is 10.1 Å². The first-order valence-electron chi connectivity index (χ1n) is 8.72. The van der Waals surface area contributed by atoms with Crippen LogP contribution in [0.3, 0.4) is 0 Å². The highest BCUT2D eigenvalue weighted by molar-refractivity contribution is 6.36. The molecule has 1 heterocycles. The summed E-state index contributed by atoms with van der Waals surface area (Å²) in [6.07, 6.45) is 4.03. The van der Waals surface area contributed by atoms with Crippen LogP contribution in [0, 0.1) is 18.3 Å². The maximum absolute atomic E-state index is 12.5. The number of hydrogen-bond acceptors (Lipinski definition) is 3. The van der Waals surface area contributed by atoms with Gasteiger partial charge < -0.3 is 10.2 Å². The van der Waals surface area contributed by atoms with Gasteiger partial charge in [0, 0.05) is 23.8 Å². The molecule has 1 aliphatic rings. The molecule has 1 amide bonds. The predicted octanol–water partition coefficient (Wildman–Crippen LogP) is 5.45. The largest absolute Gasteiger partial charge is 0.372 e. The molecule has 0 spiro atoms. The van der Waals surface area contributed by atoms with E-state index in [0.717, 1.165) is 24.2 Å². The third-order valence-corrected chi connectivity index (χ3v) is 5.12. The second kappa shape index (κ2) is 8.47. The Morgan fingerprint density at radius 2 is 1.93 bits per heavy atom. The van der Waals surface area contributed by atoms with Crippen molar-refractivity contribution in [2.45, 2.75) is 19.8 Å². The van der Waals surface area contributed by atoms with E-state index < -0.39 is 5.91 Å². The van der Waals surface area contributed by atoms with E-state index in [1.165, 1.54) is 24.6 Å². The van der Waals surface area contributed by atoms with Gasteiger partial charge in [0.25, 0.3) is 5.91 Å². The van der Waals surface area contributed by atoms with Crippen molar-refractivity contribution in [1.82, 2.24) is 0 Å². The summed E-state index contributed by atoms with van der Waals surface area (Å²) >= 11 is 11.9. The van der Waals surface area contributed by atoms with Crippen LogP contribution in [-0.2, 0) is 4.79 Å². The summed E-state index contributed by atoms with van der Waals surface area (Å²) in [4.78, 5) is 14.8. The molecule has 0 aliphatic carbocycles. The van der Waals surface area contributed by atoms with Crippen molar-refractivity contribution in [3.05, 3.63) is 63.1 Å². The van der Waals surface area contributed by atoms with E-state index in [1.54, 1.807) is 18.2 Å². The predicted molar refractivity (Wildman–Crippen MR) is 111 cm³/mol. The van der Waals surface area contributed by atoms with E-state index >= 15 is 0 Å². The summed E-state index contributed by atoms with van der Waals surface area (Å²) in [5, 5.41) is 12.9. The molecule has 0 unspecified atom stereocenters. The molecular weight excluding hydrogens is 381 g/mol. The number of nitriles is 1. The van der Waals surface area contributed by atoms with Gasteiger partial charge in [0.1, 0.15) is 11.6 Å². The Hall–Kier alpha value is -2.48. The lowest BCUT2D eigenvalue weighted by Gasteiger charge is -2.18. The van der Waals surface area contributed by atoms with Crippen molar-refractivity contribution >= 4 is 46.6 Å². The van der Waals surface area contributed by atoms with Crippen LogP contribution in [0.1, 0.15) is 24.0 Å². The highest BCUT2D eigenvalue weighted by Gasteiger charge is 2.15. The Kier molecular flexibility index (Phi) is 6.05. The third kappa shape index (κ3) is 4.63. The molecule has 27 heavy (non-hydrogen) atoms. The van der Waals surface area contributed by atoms with Crippen molar-refractivity contribution in [3.63, 3.8) is 0 Å². The van der Waals surface area contributed by atoms with Gasteiger partial charge in [-0.1, -0.05) is 29.3 Å².